The fourth-order valence-corrected chi connectivity index (χ4v) is 8.41. The number of hydrogen-bond donors (Lipinski definition) is 0. The molecule has 3 aromatic heterocycles. The Bertz CT molecular complexity index is 3700. The number of para-hydroxylation sites is 1. The minimum absolute atomic E-state index is 0.0734. The highest BCUT2D eigenvalue weighted by Gasteiger charge is 2.23. The Balaban J connectivity index is 1.23. The number of benzene rings is 8. The van der Waals surface area contributed by atoms with Crippen LogP contribution in [0.4, 0.5) is 17.1 Å². The van der Waals surface area contributed by atoms with E-state index in [2.05, 4.69) is 64.5 Å². The Kier molecular flexibility index (Phi) is 5.82. The van der Waals surface area contributed by atoms with Gasteiger partial charge in [0, 0.05) is 65.1 Å². The quantitative estimate of drug-likeness (QED) is 0.162. The summed E-state index contributed by atoms with van der Waals surface area (Å²) in [6.45, 7) is 0. The van der Waals surface area contributed by atoms with Crippen molar-refractivity contribution >= 4 is 70.5 Å². The molecule has 3 heterocycles. The van der Waals surface area contributed by atoms with E-state index in [4.69, 9.17) is 28.1 Å². The Morgan fingerprint density at radius 1 is 0.439 bits per heavy atom. The van der Waals surface area contributed by atoms with Gasteiger partial charge in [-0.3, -0.25) is 0 Å². The molecule has 57 heavy (non-hydrogen) atoms. The van der Waals surface area contributed by atoms with Gasteiger partial charge in [-0.05, 0) is 59.7 Å². The lowest BCUT2D eigenvalue weighted by Crippen LogP contribution is -2.10. The van der Waals surface area contributed by atoms with Crippen molar-refractivity contribution in [1.29, 1.82) is 0 Å². The number of hydrogen-bond acceptors (Lipinski definition) is 6. The summed E-state index contributed by atoms with van der Waals surface area (Å²) in [5, 5.41) is 3.45. The number of anilines is 3. The third-order valence-electron chi connectivity index (χ3n) is 9.90. The van der Waals surface area contributed by atoms with Crippen molar-refractivity contribution in [1.82, 2.24) is 15.0 Å². The predicted molar refractivity (Wildman–Crippen MR) is 236 cm³/mol. The normalized spacial score (nSPS) is 14.0. The molecule has 5 nitrogen and oxygen atoms in total. The molecule has 11 aromatic rings. The van der Waals surface area contributed by atoms with Crippen LogP contribution in [0.5, 0.6) is 0 Å². The van der Waals surface area contributed by atoms with E-state index in [-0.39, 0.29) is 28.6 Å². The molecule has 0 radical (unpaired) electrons. The van der Waals surface area contributed by atoms with Crippen LogP contribution in [-0.2, 0) is 0 Å². The molecule has 0 aliphatic heterocycles. The van der Waals surface area contributed by atoms with Crippen LogP contribution in [0, 0.1) is 0 Å². The van der Waals surface area contributed by atoms with Gasteiger partial charge in [-0.25, -0.2) is 15.0 Å². The first-order chi connectivity index (χ1) is 32.4. The van der Waals surface area contributed by atoms with Crippen LogP contribution in [0.1, 0.15) is 13.7 Å². The number of fused-ring (bicyclic) bond motifs is 6. The molecule has 0 saturated heterocycles. The molecule has 268 valence electrons. The molecule has 0 unspecified atom stereocenters. The topological polar surface area (TPSA) is 55.1 Å². The zero-order valence-electron chi connectivity index (χ0n) is 39.8. The summed E-state index contributed by atoms with van der Waals surface area (Å²) in [5.41, 5.74) is 4.95. The maximum Gasteiger partial charge on any atom is 0.164 e. The Hall–Kier alpha value is -7.41. The van der Waals surface area contributed by atoms with Crippen molar-refractivity contribution in [2.75, 3.05) is 4.90 Å². The fraction of sp³-hybridized carbons (Fsp3) is 0. The molecule has 8 aromatic carbocycles. The molecule has 0 bridgehead atoms. The SMILES string of the molecule is [2H]c1c([2H])c([2H])c(-c2nc(-c3c([2H])c([2H])c([2H])c([2H])c3[2H])nc(-c3cc(N(c4ccc(-c5ccccc5)cc4)c4ccc5sc6ccccc6c5c4)cc4oc5ccccc5c34)n2)c([2H])c1[2H]. The number of nitrogens with zero attached hydrogens (tertiary/aromatic N) is 4. The Morgan fingerprint density at radius 2 is 1.04 bits per heavy atom. The van der Waals surface area contributed by atoms with Crippen molar-refractivity contribution in [3.05, 3.63) is 194 Å². The first-order valence-electron chi connectivity index (χ1n) is 23.1. The minimum atomic E-state index is -0.628. The van der Waals surface area contributed by atoms with Gasteiger partial charge in [0.2, 0.25) is 0 Å². The van der Waals surface area contributed by atoms with Gasteiger partial charge in [0.15, 0.2) is 17.5 Å². The van der Waals surface area contributed by atoms with Crippen molar-refractivity contribution < 1.29 is 18.1 Å². The van der Waals surface area contributed by atoms with Gasteiger partial charge in [0.1, 0.15) is 11.2 Å². The zero-order valence-corrected chi connectivity index (χ0v) is 30.6. The smallest absolute Gasteiger partial charge is 0.164 e. The highest BCUT2D eigenvalue weighted by atomic mass is 32.1. The largest absolute Gasteiger partial charge is 0.456 e. The van der Waals surface area contributed by atoms with E-state index in [1.54, 1.807) is 11.3 Å². The minimum Gasteiger partial charge on any atom is -0.456 e. The zero-order chi connectivity index (χ0) is 46.4. The van der Waals surface area contributed by atoms with Gasteiger partial charge in [0.25, 0.3) is 0 Å². The van der Waals surface area contributed by atoms with Crippen LogP contribution in [0.2, 0.25) is 0 Å². The molecule has 0 saturated carbocycles. The molecule has 11 rings (SSSR count). The van der Waals surface area contributed by atoms with E-state index in [0.29, 0.717) is 33.2 Å². The van der Waals surface area contributed by atoms with E-state index in [0.717, 1.165) is 42.7 Å². The molecule has 0 aliphatic carbocycles. The van der Waals surface area contributed by atoms with Crippen LogP contribution in [-0.4, -0.2) is 15.0 Å². The fourth-order valence-electron chi connectivity index (χ4n) is 7.32. The average molecular weight is 759 g/mol. The van der Waals surface area contributed by atoms with Crippen LogP contribution in [0.25, 0.3) is 87.4 Å². The molecule has 0 spiro atoms. The molecular formula is C51H32N4OS. The van der Waals surface area contributed by atoms with E-state index < -0.39 is 60.4 Å². The second-order valence-electron chi connectivity index (χ2n) is 13.3. The Labute approximate surface area is 346 Å². The highest BCUT2D eigenvalue weighted by molar-refractivity contribution is 7.25. The summed E-state index contributed by atoms with van der Waals surface area (Å²) in [4.78, 5) is 16.3. The van der Waals surface area contributed by atoms with Crippen LogP contribution in [0.3, 0.4) is 0 Å². The number of aromatic nitrogens is 3. The molecular weight excluding hydrogens is 717 g/mol. The molecule has 0 fully saturated rings. The number of rotatable bonds is 7. The lowest BCUT2D eigenvalue weighted by molar-refractivity contribution is 0.669. The Morgan fingerprint density at radius 3 is 1.77 bits per heavy atom. The summed E-state index contributed by atoms with van der Waals surface area (Å²) in [7, 11) is 0. The molecule has 0 aliphatic rings. The van der Waals surface area contributed by atoms with Gasteiger partial charge in [-0.2, -0.15) is 0 Å². The summed E-state index contributed by atoms with van der Waals surface area (Å²) in [5.74, 6) is -0.799. The monoisotopic (exact) mass is 758 g/mol. The second kappa shape index (κ2) is 13.7. The first-order valence-corrected chi connectivity index (χ1v) is 18.9. The van der Waals surface area contributed by atoms with Crippen molar-refractivity contribution in [3.8, 4) is 45.3 Å². The van der Waals surface area contributed by atoms with Crippen molar-refractivity contribution in [3.63, 3.8) is 0 Å². The van der Waals surface area contributed by atoms with Crippen LogP contribution in [0.15, 0.2) is 198 Å². The van der Waals surface area contributed by atoms with E-state index in [1.165, 1.54) is 0 Å². The third-order valence-corrected chi connectivity index (χ3v) is 11.0. The molecule has 0 amide bonds. The predicted octanol–water partition coefficient (Wildman–Crippen LogP) is 14.3. The number of thiophene rings is 1. The molecule has 6 heteroatoms. The van der Waals surface area contributed by atoms with Crippen molar-refractivity contribution in [2.24, 2.45) is 0 Å². The highest BCUT2D eigenvalue weighted by Crippen LogP contribution is 2.45. The third kappa shape index (κ3) is 5.91. The van der Waals surface area contributed by atoms with Gasteiger partial charge in [-0.15, -0.1) is 11.3 Å². The molecule has 0 N–H and O–H groups in total. The summed E-state index contributed by atoms with van der Waals surface area (Å²) >= 11 is 1.71. The van der Waals surface area contributed by atoms with Gasteiger partial charge in [-0.1, -0.05) is 139 Å². The van der Waals surface area contributed by atoms with Gasteiger partial charge < -0.3 is 9.32 Å². The maximum absolute atomic E-state index is 8.91. The summed E-state index contributed by atoms with van der Waals surface area (Å²) in [6.07, 6.45) is 0. The van der Waals surface area contributed by atoms with E-state index in [1.807, 2.05) is 78.9 Å². The van der Waals surface area contributed by atoms with Gasteiger partial charge in [0.05, 0.1) is 19.4 Å². The second-order valence-corrected chi connectivity index (χ2v) is 14.4. The lowest BCUT2D eigenvalue weighted by atomic mass is 10.0. The lowest BCUT2D eigenvalue weighted by Gasteiger charge is -2.26. The van der Waals surface area contributed by atoms with Crippen molar-refractivity contribution in [2.45, 2.75) is 0 Å². The average Bonchev–Trinajstić information content (AvgIpc) is 3.92. The standard InChI is InChI=1S/C51H32N4OS/c1-4-14-33(15-5-1)34-24-26-37(27-25-34)55(38-28-29-47-42(30-38)40-20-11-13-23-46(40)57-47)39-31-43(48-41-21-10-12-22-44(41)56-45(48)32-39)51-53-49(35-16-6-2-7-17-35)52-50(54-51)36-18-8-3-9-19-36/h1-32H/i2D,3D,6D,7D,8D,9D,16D,17D,18D,19D. The van der Waals surface area contributed by atoms with Crippen LogP contribution >= 0.6 is 11.3 Å². The van der Waals surface area contributed by atoms with Crippen LogP contribution < -0.4 is 4.90 Å². The van der Waals surface area contributed by atoms with E-state index in [9.17, 15) is 0 Å². The first kappa shape index (κ1) is 24.2. The maximum atomic E-state index is 8.91. The molecule has 0 atom stereocenters. The van der Waals surface area contributed by atoms with E-state index >= 15 is 0 Å². The van der Waals surface area contributed by atoms with Gasteiger partial charge >= 0.3 is 0 Å². The summed E-state index contributed by atoms with van der Waals surface area (Å²) in [6, 6.07) is 37.9. The number of furan rings is 1. The summed E-state index contributed by atoms with van der Waals surface area (Å²) < 4.78 is 95.1.